The first-order valence-electron chi connectivity index (χ1n) is 9.84. The van der Waals surface area contributed by atoms with E-state index in [4.69, 9.17) is 5.73 Å². The second kappa shape index (κ2) is 5.84. The molecule has 0 spiro atoms. The van der Waals surface area contributed by atoms with Gasteiger partial charge in [-0.2, -0.15) is 5.10 Å². The van der Waals surface area contributed by atoms with Crippen molar-refractivity contribution < 1.29 is 5.11 Å². The van der Waals surface area contributed by atoms with E-state index >= 15 is 0 Å². The summed E-state index contributed by atoms with van der Waals surface area (Å²) in [7, 11) is 0. The van der Waals surface area contributed by atoms with E-state index in [9.17, 15) is 5.11 Å². The highest BCUT2D eigenvalue weighted by Crippen LogP contribution is 2.61. The predicted octanol–water partition coefficient (Wildman–Crippen LogP) is 2.91. The Hall–Kier alpha value is -0.870. The van der Waals surface area contributed by atoms with E-state index < -0.39 is 0 Å². The molecule has 1 aromatic rings. The Labute approximate surface area is 145 Å². The topological polar surface area (TPSA) is 74.9 Å². The second-order valence-electron chi connectivity index (χ2n) is 9.34. The van der Waals surface area contributed by atoms with Crippen LogP contribution in [0.1, 0.15) is 57.2 Å². The predicted molar refractivity (Wildman–Crippen MR) is 95.4 cm³/mol. The van der Waals surface area contributed by atoms with Crippen LogP contribution in [0.4, 0.5) is 0 Å². The number of aliphatic hydroxyl groups is 1. The van der Waals surface area contributed by atoms with Gasteiger partial charge in [-0.1, -0.05) is 20.3 Å². The highest BCUT2D eigenvalue weighted by molar-refractivity contribution is 5.24. The maximum Gasteiger partial charge on any atom is 0.0522 e. The Morgan fingerprint density at radius 2 is 2.12 bits per heavy atom. The van der Waals surface area contributed by atoms with Crippen molar-refractivity contribution in [1.82, 2.24) is 10.2 Å². The van der Waals surface area contributed by atoms with Gasteiger partial charge in [-0.05, 0) is 85.1 Å². The average Bonchev–Trinajstić information content (AvgIpc) is 3.17. The lowest BCUT2D eigenvalue weighted by molar-refractivity contribution is -0.0605. The van der Waals surface area contributed by atoms with Gasteiger partial charge < -0.3 is 10.8 Å². The fourth-order valence-electron chi connectivity index (χ4n) is 6.84. The molecule has 2 fully saturated rings. The Bertz CT molecular complexity index is 599. The van der Waals surface area contributed by atoms with E-state index in [1.165, 1.54) is 43.4 Å². The smallest absolute Gasteiger partial charge is 0.0522 e. The van der Waals surface area contributed by atoms with Crippen molar-refractivity contribution in [2.45, 2.75) is 58.8 Å². The normalized spacial score (nSPS) is 45.0. The number of nitrogens with one attached hydrogen (secondary N) is 1. The number of aromatic nitrogens is 2. The van der Waals surface area contributed by atoms with E-state index in [0.29, 0.717) is 23.2 Å². The number of aromatic amines is 1. The average molecular weight is 332 g/mol. The third-order valence-electron chi connectivity index (χ3n) is 8.32. The monoisotopic (exact) mass is 331 g/mol. The van der Waals surface area contributed by atoms with Crippen LogP contribution in [0.25, 0.3) is 0 Å². The van der Waals surface area contributed by atoms with Crippen LogP contribution < -0.4 is 5.73 Å². The van der Waals surface area contributed by atoms with Gasteiger partial charge in [0.05, 0.1) is 6.20 Å². The van der Waals surface area contributed by atoms with E-state index in [-0.39, 0.29) is 12.0 Å². The minimum atomic E-state index is 0.138. The lowest BCUT2D eigenvalue weighted by Crippen LogP contribution is -2.52. The quantitative estimate of drug-likeness (QED) is 0.797. The molecule has 24 heavy (non-hydrogen) atoms. The van der Waals surface area contributed by atoms with Crippen LogP contribution in [-0.2, 0) is 12.8 Å². The van der Waals surface area contributed by atoms with Gasteiger partial charge in [0.2, 0.25) is 0 Å². The zero-order chi connectivity index (χ0) is 16.9. The van der Waals surface area contributed by atoms with Crippen LogP contribution >= 0.6 is 0 Å². The molecule has 3 aliphatic rings. The van der Waals surface area contributed by atoms with Crippen LogP contribution in [0.3, 0.4) is 0 Å². The van der Waals surface area contributed by atoms with Crippen molar-refractivity contribution >= 4 is 0 Å². The van der Waals surface area contributed by atoms with Crippen LogP contribution in [0.15, 0.2) is 6.20 Å². The fraction of sp³-hybridized carbons (Fsp3) is 0.850. The molecule has 6 atom stereocenters. The molecule has 0 amide bonds. The Balaban J connectivity index is 1.68. The van der Waals surface area contributed by atoms with Gasteiger partial charge in [0, 0.05) is 12.3 Å². The van der Waals surface area contributed by atoms with E-state index in [2.05, 4.69) is 24.0 Å². The summed E-state index contributed by atoms with van der Waals surface area (Å²) in [6, 6.07) is 0. The van der Waals surface area contributed by atoms with Crippen LogP contribution in [0, 0.1) is 34.5 Å². The summed E-state index contributed by atoms with van der Waals surface area (Å²) in [6.45, 7) is 6.00. The summed E-state index contributed by atoms with van der Waals surface area (Å²) in [5.74, 6) is 2.33. The lowest BCUT2D eigenvalue weighted by Gasteiger charge is -2.55. The Morgan fingerprint density at radius 1 is 1.29 bits per heavy atom. The Morgan fingerprint density at radius 3 is 2.88 bits per heavy atom. The molecule has 4 rings (SSSR count). The fourth-order valence-corrected chi connectivity index (χ4v) is 6.84. The second-order valence-corrected chi connectivity index (χ2v) is 9.34. The number of hydrogen-bond acceptors (Lipinski definition) is 3. The standard InChI is InChI=1S/C20H33N3O/c1-19-6-3-4-16(19)15(10-21)17(5-7-19)20(2)9-13-11-22-23-18(13)8-14(20)12-24/h11,14-17,24H,3-10,12,21H2,1-2H3,(H,22,23)/t14-,15+,16+,17+,19+,20+/m1/s1. The molecule has 3 aliphatic carbocycles. The van der Waals surface area contributed by atoms with Crippen molar-refractivity contribution in [2.75, 3.05) is 13.2 Å². The van der Waals surface area contributed by atoms with Crippen molar-refractivity contribution in [3.8, 4) is 0 Å². The molecular weight excluding hydrogens is 298 g/mol. The maximum absolute atomic E-state index is 10.2. The SMILES string of the molecule is C[C@@]12CCC[C@H]1[C@H](CN)[C@@H]([C@@]1(C)Cc3cn[nH]c3C[C@@H]1CO)CC2. The summed E-state index contributed by atoms with van der Waals surface area (Å²) in [5, 5.41) is 17.6. The summed E-state index contributed by atoms with van der Waals surface area (Å²) in [4.78, 5) is 0. The molecule has 4 N–H and O–H groups in total. The number of nitrogens with two attached hydrogens (primary N) is 1. The summed E-state index contributed by atoms with van der Waals surface area (Å²) in [5.41, 5.74) is 9.60. The molecule has 1 aromatic heterocycles. The first kappa shape index (κ1) is 16.6. The van der Waals surface area contributed by atoms with E-state index in [0.717, 1.165) is 25.3 Å². The van der Waals surface area contributed by atoms with Gasteiger partial charge in [0.25, 0.3) is 0 Å². The van der Waals surface area contributed by atoms with Gasteiger partial charge in [-0.15, -0.1) is 0 Å². The molecule has 4 heteroatoms. The highest BCUT2D eigenvalue weighted by Gasteiger charge is 2.55. The third kappa shape index (κ3) is 2.29. The summed E-state index contributed by atoms with van der Waals surface area (Å²) < 4.78 is 0. The zero-order valence-electron chi connectivity index (χ0n) is 15.2. The molecule has 0 saturated heterocycles. The zero-order valence-corrected chi connectivity index (χ0v) is 15.2. The minimum absolute atomic E-state index is 0.138. The molecule has 1 heterocycles. The van der Waals surface area contributed by atoms with Crippen molar-refractivity contribution in [1.29, 1.82) is 0 Å². The van der Waals surface area contributed by atoms with Crippen molar-refractivity contribution in [3.05, 3.63) is 17.5 Å². The van der Waals surface area contributed by atoms with Crippen LogP contribution in [0.5, 0.6) is 0 Å². The first-order valence-corrected chi connectivity index (χ1v) is 9.84. The third-order valence-corrected chi connectivity index (χ3v) is 8.32. The molecule has 2 saturated carbocycles. The summed E-state index contributed by atoms with van der Waals surface area (Å²) in [6.07, 6.45) is 10.7. The van der Waals surface area contributed by atoms with Crippen LogP contribution in [0.2, 0.25) is 0 Å². The highest BCUT2D eigenvalue weighted by atomic mass is 16.3. The van der Waals surface area contributed by atoms with Crippen molar-refractivity contribution in [3.63, 3.8) is 0 Å². The number of H-pyrrole nitrogens is 1. The maximum atomic E-state index is 10.2. The molecular formula is C20H33N3O. The lowest BCUT2D eigenvalue weighted by atomic mass is 9.50. The molecule has 0 unspecified atom stereocenters. The molecule has 0 bridgehead atoms. The number of aliphatic hydroxyl groups excluding tert-OH is 1. The molecule has 0 radical (unpaired) electrons. The van der Waals surface area contributed by atoms with E-state index in [1.807, 2.05) is 6.20 Å². The first-order chi connectivity index (χ1) is 11.5. The molecule has 134 valence electrons. The number of fused-ring (bicyclic) bond motifs is 2. The van der Waals surface area contributed by atoms with Gasteiger partial charge >= 0.3 is 0 Å². The van der Waals surface area contributed by atoms with Gasteiger partial charge in [0.15, 0.2) is 0 Å². The minimum Gasteiger partial charge on any atom is -0.396 e. The van der Waals surface area contributed by atoms with Gasteiger partial charge in [-0.3, -0.25) is 5.10 Å². The number of rotatable bonds is 3. The van der Waals surface area contributed by atoms with Gasteiger partial charge in [-0.25, -0.2) is 0 Å². The molecule has 0 aliphatic heterocycles. The number of nitrogens with zero attached hydrogens (tertiary/aromatic N) is 1. The summed E-state index contributed by atoms with van der Waals surface area (Å²) >= 11 is 0. The Kier molecular flexibility index (Phi) is 4.04. The molecule has 0 aromatic carbocycles. The van der Waals surface area contributed by atoms with Crippen LogP contribution in [-0.4, -0.2) is 28.5 Å². The number of hydrogen-bond donors (Lipinski definition) is 3. The van der Waals surface area contributed by atoms with Gasteiger partial charge in [0.1, 0.15) is 0 Å². The molecule has 4 nitrogen and oxygen atoms in total. The van der Waals surface area contributed by atoms with E-state index in [1.54, 1.807) is 0 Å². The largest absolute Gasteiger partial charge is 0.396 e. The van der Waals surface area contributed by atoms with Crippen molar-refractivity contribution in [2.24, 2.45) is 40.2 Å².